The Labute approximate surface area is 226 Å². The minimum atomic E-state index is -0.262. The van der Waals surface area contributed by atoms with Crippen molar-refractivity contribution in [1.82, 2.24) is 24.5 Å². The largest absolute Gasteiger partial charge is 0.307 e. The van der Waals surface area contributed by atoms with E-state index in [0.29, 0.717) is 32.5 Å². The number of hydrogen-bond acceptors (Lipinski definition) is 4. The Kier molecular flexibility index (Phi) is 6.83. The molecule has 5 aromatic rings. The molecule has 5 rings (SSSR count). The normalized spacial score (nSPS) is 11.2. The predicted molar refractivity (Wildman–Crippen MR) is 147 cm³/mol. The maximum absolute atomic E-state index is 12.9. The average molecular weight is 584 g/mol. The maximum atomic E-state index is 12.9. The minimum Gasteiger partial charge on any atom is -0.307 e. The van der Waals surface area contributed by atoms with Crippen LogP contribution in [-0.4, -0.2) is 30.5 Å². The van der Waals surface area contributed by atoms with Gasteiger partial charge in [-0.2, -0.15) is 10.2 Å². The number of carbonyl (C=O) groups is 1. The lowest BCUT2D eigenvalue weighted by molar-refractivity contribution is -0.116. The number of anilines is 1. The second-order valence-corrected chi connectivity index (χ2v) is 10.2. The van der Waals surface area contributed by atoms with Crippen molar-refractivity contribution in [2.45, 2.75) is 26.9 Å². The summed E-state index contributed by atoms with van der Waals surface area (Å²) in [5, 5.41) is 13.9. The third-order valence-electron chi connectivity index (χ3n) is 5.77. The molecule has 0 spiro atoms. The van der Waals surface area contributed by atoms with Gasteiger partial charge in [-0.1, -0.05) is 59.1 Å². The van der Waals surface area contributed by atoms with Gasteiger partial charge >= 0.3 is 0 Å². The Hall–Kier alpha value is -3.20. The Balaban J connectivity index is 1.35. The van der Waals surface area contributed by atoms with Crippen LogP contribution in [0.3, 0.4) is 0 Å². The summed E-state index contributed by atoms with van der Waals surface area (Å²) in [6.07, 6.45) is 3.54. The van der Waals surface area contributed by atoms with Gasteiger partial charge < -0.3 is 5.32 Å². The number of carbonyl (C=O) groups excluding carboxylic acids is 1. The van der Waals surface area contributed by atoms with Gasteiger partial charge in [-0.15, -0.1) is 0 Å². The second kappa shape index (κ2) is 10.0. The molecule has 10 heteroatoms. The van der Waals surface area contributed by atoms with E-state index in [0.717, 1.165) is 27.8 Å². The molecule has 36 heavy (non-hydrogen) atoms. The number of halogens is 3. The first-order valence-corrected chi connectivity index (χ1v) is 12.7. The third kappa shape index (κ3) is 5.02. The van der Waals surface area contributed by atoms with Crippen LogP contribution in [0.5, 0.6) is 0 Å². The van der Waals surface area contributed by atoms with Crippen molar-refractivity contribution in [3.63, 3.8) is 0 Å². The average Bonchev–Trinajstić information content (AvgIpc) is 3.35. The zero-order chi connectivity index (χ0) is 25.4. The van der Waals surface area contributed by atoms with E-state index in [1.165, 1.54) is 5.56 Å². The number of nitrogens with one attached hydrogen (secondary N) is 1. The van der Waals surface area contributed by atoms with Crippen molar-refractivity contribution in [2.75, 3.05) is 5.32 Å². The highest BCUT2D eigenvalue weighted by molar-refractivity contribution is 9.10. The minimum absolute atomic E-state index is 0.000777. The lowest BCUT2D eigenvalue weighted by Gasteiger charge is -2.06. The first-order valence-electron chi connectivity index (χ1n) is 11.1. The maximum Gasteiger partial charge on any atom is 0.247 e. The molecule has 0 saturated heterocycles. The van der Waals surface area contributed by atoms with Gasteiger partial charge in [-0.25, -0.2) is 9.67 Å². The SMILES string of the molecule is Cc1ccc(-c2ccnc3c2c(C)nn3CC(=O)Nc2nn(Cc3ccc(Cl)c(Cl)c3)cc2Br)cc1. The molecule has 0 aliphatic carbocycles. The summed E-state index contributed by atoms with van der Waals surface area (Å²) < 4.78 is 4.00. The number of pyridine rings is 1. The first kappa shape index (κ1) is 24.5. The first-order chi connectivity index (χ1) is 17.3. The molecule has 0 bridgehead atoms. The summed E-state index contributed by atoms with van der Waals surface area (Å²) in [5.74, 6) is 0.156. The van der Waals surface area contributed by atoms with E-state index >= 15 is 0 Å². The highest BCUT2D eigenvalue weighted by atomic mass is 79.9. The lowest BCUT2D eigenvalue weighted by Crippen LogP contribution is -2.20. The van der Waals surface area contributed by atoms with E-state index < -0.39 is 0 Å². The molecule has 7 nitrogen and oxygen atoms in total. The van der Waals surface area contributed by atoms with Gasteiger partial charge in [0, 0.05) is 17.8 Å². The topological polar surface area (TPSA) is 77.6 Å². The highest BCUT2D eigenvalue weighted by Crippen LogP contribution is 2.30. The van der Waals surface area contributed by atoms with Crippen molar-refractivity contribution in [3.05, 3.63) is 92.3 Å². The number of amides is 1. The lowest BCUT2D eigenvalue weighted by atomic mass is 10.0. The van der Waals surface area contributed by atoms with Gasteiger partial charge in [-0.3, -0.25) is 9.48 Å². The molecule has 0 fully saturated rings. The van der Waals surface area contributed by atoms with Gasteiger partial charge in [0.2, 0.25) is 5.91 Å². The van der Waals surface area contributed by atoms with Crippen molar-refractivity contribution >= 4 is 61.9 Å². The molecule has 3 aromatic heterocycles. The number of rotatable bonds is 6. The summed E-state index contributed by atoms with van der Waals surface area (Å²) >= 11 is 15.6. The van der Waals surface area contributed by atoms with Crippen LogP contribution in [0.4, 0.5) is 5.82 Å². The molecule has 0 aliphatic rings. The summed E-state index contributed by atoms with van der Waals surface area (Å²) in [7, 11) is 0. The molecule has 0 radical (unpaired) electrons. The van der Waals surface area contributed by atoms with E-state index in [-0.39, 0.29) is 12.5 Å². The number of fused-ring (bicyclic) bond motifs is 1. The molecule has 0 aliphatic heterocycles. The van der Waals surface area contributed by atoms with E-state index in [1.54, 1.807) is 33.9 Å². The van der Waals surface area contributed by atoms with Crippen molar-refractivity contribution < 1.29 is 4.79 Å². The van der Waals surface area contributed by atoms with E-state index in [9.17, 15) is 4.79 Å². The molecule has 1 N–H and O–H groups in total. The van der Waals surface area contributed by atoms with Crippen molar-refractivity contribution in [2.24, 2.45) is 0 Å². The Morgan fingerprint density at radius 3 is 2.56 bits per heavy atom. The van der Waals surface area contributed by atoms with Gasteiger partial charge in [0.15, 0.2) is 11.5 Å². The smallest absolute Gasteiger partial charge is 0.247 e. The second-order valence-electron chi connectivity index (χ2n) is 8.49. The fourth-order valence-electron chi connectivity index (χ4n) is 4.06. The van der Waals surface area contributed by atoms with Gasteiger partial charge in [0.1, 0.15) is 6.54 Å². The monoisotopic (exact) mass is 582 g/mol. The number of aromatic nitrogens is 5. The summed E-state index contributed by atoms with van der Waals surface area (Å²) in [6.45, 7) is 4.46. The van der Waals surface area contributed by atoms with Crippen molar-refractivity contribution in [3.8, 4) is 11.1 Å². The van der Waals surface area contributed by atoms with Crippen molar-refractivity contribution in [1.29, 1.82) is 0 Å². The number of hydrogen-bond donors (Lipinski definition) is 1. The molecule has 3 heterocycles. The Morgan fingerprint density at radius 2 is 1.81 bits per heavy atom. The fraction of sp³-hybridized carbons (Fsp3) is 0.154. The van der Waals surface area contributed by atoms with Crippen LogP contribution in [0.2, 0.25) is 10.0 Å². The third-order valence-corrected chi connectivity index (χ3v) is 7.09. The van der Waals surface area contributed by atoms with E-state index in [4.69, 9.17) is 23.2 Å². The summed E-state index contributed by atoms with van der Waals surface area (Å²) in [4.78, 5) is 17.4. The summed E-state index contributed by atoms with van der Waals surface area (Å²) in [5.41, 5.74) is 5.72. The number of aryl methyl sites for hydroxylation is 2. The quantitative estimate of drug-likeness (QED) is 0.242. The van der Waals surface area contributed by atoms with Crippen LogP contribution in [-0.2, 0) is 17.9 Å². The van der Waals surface area contributed by atoms with Gasteiger partial charge in [-0.05, 0) is 64.7 Å². The zero-order valence-corrected chi connectivity index (χ0v) is 22.6. The molecule has 0 atom stereocenters. The molecule has 1 amide bonds. The molecular formula is C26H21BrCl2N6O. The van der Waals surface area contributed by atoms with Crippen LogP contribution in [0.1, 0.15) is 16.8 Å². The number of benzene rings is 2. The molecule has 0 saturated carbocycles. The fourth-order valence-corrected chi connectivity index (χ4v) is 4.80. The molecule has 0 unspecified atom stereocenters. The highest BCUT2D eigenvalue weighted by Gasteiger charge is 2.17. The van der Waals surface area contributed by atoms with Crippen LogP contribution in [0.25, 0.3) is 22.2 Å². The van der Waals surface area contributed by atoms with E-state index in [2.05, 4.69) is 67.6 Å². The van der Waals surface area contributed by atoms with Crippen LogP contribution in [0.15, 0.2) is 65.4 Å². The summed E-state index contributed by atoms with van der Waals surface area (Å²) in [6, 6.07) is 15.7. The van der Waals surface area contributed by atoms with Crippen LogP contribution in [0, 0.1) is 13.8 Å². The standard InChI is InChI=1S/C26H21BrCl2N6O/c1-15-3-6-18(7-4-15)19-9-10-30-26-24(19)16(2)32-35(26)14-23(36)31-25-20(27)13-34(33-25)12-17-5-8-21(28)22(29)11-17/h3-11,13H,12,14H2,1-2H3,(H,31,33,36). The van der Waals surface area contributed by atoms with Crippen LogP contribution < -0.4 is 5.32 Å². The van der Waals surface area contributed by atoms with Gasteiger partial charge in [0.05, 0.1) is 26.8 Å². The van der Waals surface area contributed by atoms with E-state index in [1.807, 2.05) is 19.1 Å². The molecule has 182 valence electrons. The molecule has 2 aromatic carbocycles. The Bertz CT molecular complexity index is 1590. The predicted octanol–water partition coefficient (Wildman–Crippen LogP) is 6.67. The zero-order valence-electron chi connectivity index (χ0n) is 19.5. The van der Waals surface area contributed by atoms with Crippen LogP contribution >= 0.6 is 39.1 Å². The number of nitrogens with zero attached hydrogens (tertiary/aromatic N) is 5. The molecular weight excluding hydrogens is 563 g/mol. The Morgan fingerprint density at radius 1 is 1.03 bits per heavy atom. The van der Waals surface area contributed by atoms with Gasteiger partial charge in [0.25, 0.3) is 0 Å².